The van der Waals surface area contributed by atoms with E-state index < -0.39 is 16.8 Å². The molecule has 0 heterocycles. The van der Waals surface area contributed by atoms with Gasteiger partial charge in [-0.15, -0.1) is 0 Å². The normalized spacial score (nSPS) is 38.8. The van der Waals surface area contributed by atoms with Crippen molar-refractivity contribution in [1.82, 2.24) is 0 Å². The molecule has 0 aromatic carbocycles. The summed E-state index contributed by atoms with van der Waals surface area (Å²) >= 11 is 0. The quantitative estimate of drug-likeness (QED) is 0.632. The molecule has 4 aliphatic rings. The van der Waals surface area contributed by atoms with Gasteiger partial charge in [-0.2, -0.15) is 0 Å². The van der Waals surface area contributed by atoms with Crippen LogP contribution >= 0.6 is 0 Å². The molecule has 4 fully saturated rings. The Morgan fingerprint density at radius 1 is 0.680 bits per heavy atom. The lowest BCUT2D eigenvalue weighted by atomic mass is 9.50. The summed E-state index contributed by atoms with van der Waals surface area (Å²) in [6.07, 6.45) is 4.71. The van der Waals surface area contributed by atoms with E-state index in [1.165, 1.54) is 20.8 Å². The summed E-state index contributed by atoms with van der Waals surface area (Å²) in [4.78, 5) is 34.3. The molecular weight excluding hydrogens is 324 g/mol. The zero-order valence-electron chi connectivity index (χ0n) is 15.4. The van der Waals surface area contributed by atoms with Crippen LogP contribution in [0.3, 0.4) is 0 Å². The molecule has 0 N–H and O–H groups in total. The fourth-order valence-corrected chi connectivity index (χ4v) is 5.42. The van der Waals surface area contributed by atoms with Gasteiger partial charge in [0.25, 0.3) is 0 Å². The molecule has 6 heteroatoms. The largest absolute Gasteiger partial charge is 0.367 e. The molecule has 4 saturated carbocycles. The first-order valence-corrected chi connectivity index (χ1v) is 9.06. The molecule has 4 rings (SSSR count). The molecule has 4 bridgehead atoms. The predicted octanol–water partition coefficient (Wildman–Crippen LogP) is 2.02. The zero-order valence-corrected chi connectivity index (χ0v) is 15.4. The zero-order chi connectivity index (χ0) is 18.3. The number of ether oxygens (including phenoxy) is 3. The summed E-state index contributed by atoms with van der Waals surface area (Å²) in [6.45, 7) is 4.80. The van der Waals surface area contributed by atoms with Gasteiger partial charge in [0.05, 0.1) is 16.8 Å². The van der Waals surface area contributed by atoms with Gasteiger partial charge in [-0.05, 0) is 46.0 Å². The van der Waals surface area contributed by atoms with Crippen molar-refractivity contribution in [2.24, 2.45) is 5.92 Å². The number of carbonyl (C=O) groups is 3. The minimum Gasteiger partial charge on any atom is -0.367 e. The molecule has 0 aromatic heterocycles. The van der Waals surface area contributed by atoms with E-state index >= 15 is 0 Å². The highest BCUT2D eigenvalue weighted by Crippen LogP contribution is 2.62. The maximum atomic E-state index is 11.4. The lowest BCUT2D eigenvalue weighted by molar-refractivity contribution is -0.286. The molecule has 0 aliphatic heterocycles. The number of hydrogen-bond donors (Lipinski definition) is 0. The van der Waals surface area contributed by atoms with Gasteiger partial charge >= 0.3 is 0 Å². The Kier molecular flexibility index (Phi) is 4.90. The number of Topliss-reactive ketones (excluding diaryl/α,β-unsaturated/α-hetero) is 3. The van der Waals surface area contributed by atoms with E-state index in [9.17, 15) is 14.4 Å². The molecule has 4 aliphatic carbocycles. The predicted molar refractivity (Wildman–Crippen MR) is 89.3 cm³/mol. The van der Waals surface area contributed by atoms with Crippen molar-refractivity contribution < 1.29 is 28.6 Å². The van der Waals surface area contributed by atoms with Crippen LogP contribution in [-0.4, -0.2) is 54.0 Å². The first-order chi connectivity index (χ1) is 11.7. The van der Waals surface area contributed by atoms with Crippen molar-refractivity contribution in [3.8, 4) is 0 Å². The maximum absolute atomic E-state index is 11.4. The van der Waals surface area contributed by atoms with Crippen LogP contribution in [0.1, 0.15) is 59.3 Å². The van der Waals surface area contributed by atoms with Crippen LogP contribution in [-0.2, 0) is 28.6 Å². The lowest BCUT2D eigenvalue weighted by Crippen LogP contribution is -2.68. The first kappa shape index (κ1) is 18.7. The van der Waals surface area contributed by atoms with Gasteiger partial charge in [0.15, 0.2) is 17.3 Å². The Labute approximate surface area is 148 Å². The topological polar surface area (TPSA) is 78.9 Å². The molecule has 0 radical (unpaired) electrons. The van der Waals surface area contributed by atoms with Crippen molar-refractivity contribution in [2.75, 3.05) is 19.8 Å². The number of ketones is 3. The number of hydrogen-bond acceptors (Lipinski definition) is 6. The van der Waals surface area contributed by atoms with Gasteiger partial charge in [-0.1, -0.05) is 0 Å². The maximum Gasteiger partial charge on any atom is 0.155 e. The van der Waals surface area contributed by atoms with Crippen LogP contribution in [0, 0.1) is 5.92 Å². The van der Waals surface area contributed by atoms with Crippen LogP contribution < -0.4 is 0 Å². The molecule has 0 spiro atoms. The van der Waals surface area contributed by atoms with E-state index in [1.54, 1.807) is 0 Å². The molecule has 25 heavy (non-hydrogen) atoms. The highest BCUT2D eigenvalue weighted by molar-refractivity contribution is 5.77. The third kappa shape index (κ3) is 4.01. The van der Waals surface area contributed by atoms with Gasteiger partial charge in [0.2, 0.25) is 0 Å². The summed E-state index contributed by atoms with van der Waals surface area (Å²) in [5.41, 5.74) is -1.38. The summed E-state index contributed by atoms with van der Waals surface area (Å²) in [6, 6.07) is 0. The third-order valence-electron chi connectivity index (χ3n) is 5.66. The van der Waals surface area contributed by atoms with Crippen molar-refractivity contribution in [3.63, 3.8) is 0 Å². The van der Waals surface area contributed by atoms with E-state index in [-0.39, 0.29) is 37.2 Å². The standard InChI is InChI=1S/C19H28O6/c1-13(20)7-23-17-4-16-5-18(10-17,24-8-14(2)21)12-19(6-16,11-17)25-9-15(3)22/h16H,4-12H2,1-3H3. The Morgan fingerprint density at radius 2 is 0.960 bits per heavy atom. The van der Waals surface area contributed by atoms with E-state index in [4.69, 9.17) is 14.2 Å². The van der Waals surface area contributed by atoms with Gasteiger partial charge in [0, 0.05) is 19.3 Å². The molecule has 0 aromatic rings. The molecule has 140 valence electrons. The summed E-state index contributed by atoms with van der Waals surface area (Å²) < 4.78 is 18.3. The third-order valence-corrected chi connectivity index (χ3v) is 5.66. The second-order valence-corrected chi connectivity index (χ2v) is 8.53. The average Bonchev–Trinajstić information content (AvgIpc) is 2.48. The van der Waals surface area contributed by atoms with Gasteiger partial charge in [0.1, 0.15) is 19.8 Å². The molecule has 0 amide bonds. The summed E-state index contributed by atoms with van der Waals surface area (Å²) in [7, 11) is 0. The Hall–Kier alpha value is -1.11. The highest BCUT2D eigenvalue weighted by Gasteiger charge is 2.65. The van der Waals surface area contributed by atoms with Crippen molar-refractivity contribution in [3.05, 3.63) is 0 Å². The fourth-order valence-electron chi connectivity index (χ4n) is 5.42. The van der Waals surface area contributed by atoms with Crippen molar-refractivity contribution in [2.45, 2.75) is 76.1 Å². The van der Waals surface area contributed by atoms with Crippen LogP contribution in [0.4, 0.5) is 0 Å². The molecule has 0 atom stereocenters. The van der Waals surface area contributed by atoms with E-state index in [0.717, 1.165) is 19.3 Å². The monoisotopic (exact) mass is 352 g/mol. The van der Waals surface area contributed by atoms with Gasteiger partial charge < -0.3 is 14.2 Å². The van der Waals surface area contributed by atoms with Crippen LogP contribution in [0.5, 0.6) is 0 Å². The highest BCUT2D eigenvalue weighted by atomic mass is 16.5. The number of rotatable bonds is 9. The number of carbonyl (C=O) groups excluding carboxylic acids is 3. The molecule has 6 nitrogen and oxygen atoms in total. The van der Waals surface area contributed by atoms with Crippen molar-refractivity contribution in [1.29, 1.82) is 0 Å². The van der Waals surface area contributed by atoms with E-state index in [1.807, 2.05) is 0 Å². The SMILES string of the molecule is CC(=O)COC12CC3CC(OCC(C)=O)(C1)CC(OCC(C)=O)(C3)C2. The first-order valence-electron chi connectivity index (χ1n) is 9.06. The van der Waals surface area contributed by atoms with Crippen LogP contribution in [0.2, 0.25) is 0 Å². The second-order valence-electron chi connectivity index (χ2n) is 8.53. The van der Waals surface area contributed by atoms with E-state index in [2.05, 4.69) is 0 Å². The van der Waals surface area contributed by atoms with Gasteiger partial charge in [-0.3, -0.25) is 14.4 Å². The fraction of sp³-hybridized carbons (Fsp3) is 0.842. The Bertz CT molecular complexity index is 494. The molecular formula is C19H28O6. The average molecular weight is 352 g/mol. The second kappa shape index (κ2) is 6.56. The molecule has 0 saturated heterocycles. The summed E-state index contributed by atoms with van der Waals surface area (Å²) in [5, 5.41) is 0. The minimum absolute atomic E-state index is 0.00634. The smallest absolute Gasteiger partial charge is 0.155 e. The van der Waals surface area contributed by atoms with Crippen LogP contribution in [0.25, 0.3) is 0 Å². The summed E-state index contributed by atoms with van der Waals surface area (Å²) in [5.74, 6) is 0.344. The lowest BCUT2D eigenvalue weighted by Gasteiger charge is -2.65. The molecule has 0 unspecified atom stereocenters. The van der Waals surface area contributed by atoms with Gasteiger partial charge in [-0.25, -0.2) is 0 Å². The Morgan fingerprint density at radius 3 is 1.20 bits per heavy atom. The van der Waals surface area contributed by atoms with Crippen molar-refractivity contribution >= 4 is 17.3 Å². The van der Waals surface area contributed by atoms with E-state index in [0.29, 0.717) is 25.2 Å². The Balaban J connectivity index is 1.85. The van der Waals surface area contributed by atoms with Crippen LogP contribution in [0.15, 0.2) is 0 Å². The minimum atomic E-state index is -0.460.